The van der Waals surface area contributed by atoms with Crippen molar-refractivity contribution in [3.8, 4) is 0 Å². The van der Waals surface area contributed by atoms with Crippen molar-refractivity contribution in [3.63, 3.8) is 0 Å². The topological polar surface area (TPSA) is 72.2 Å². The first-order valence-electron chi connectivity index (χ1n) is 6.67. The first kappa shape index (κ1) is 12.4. The highest BCUT2D eigenvalue weighted by atomic mass is 16.2. The molecule has 1 saturated carbocycles. The summed E-state index contributed by atoms with van der Waals surface area (Å²) in [7, 11) is 0. The van der Waals surface area contributed by atoms with Gasteiger partial charge in [-0.1, -0.05) is 19.3 Å². The molecule has 0 aromatic rings. The van der Waals surface area contributed by atoms with Crippen LogP contribution in [0.25, 0.3) is 0 Å². The lowest BCUT2D eigenvalue weighted by molar-refractivity contribution is -0.121. The number of primary amides is 1. The molecule has 1 aliphatic heterocycles. The van der Waals surface area contributed by atoms with Gasteiger partial charge in [0.15, 0.2) is 0 Å². The lowest BCUT2D eigenvalue weighted by Gasteiger charge is -2.38. The van der Waals surface area contributed by atoms with E-state index in [1.807, 2.05) is 0 Å². The molecule has 17 heavy (non-hydrogen) atoms. The highest BCUT2D eigenvalue weighted by Gasteiger charge is 2.37. The number of nitrogens with one attached hydrogen (secondary N) is 1. The van der Waals surface area contributed by atoms with Crippen LogP contribution < -0.4 is 11.1 Å². The molecule has 0 aromatic heterocycles. The van der Waals surface area contributed by atoms with Crippen LogP contribution >= 0.6 is 0 Å². The Morgan fingerprint density at radius 1 is 1.35 bits per heavy atom. The summed E-state index contributed by atoms with van der Waals surface area (Å²) in [5, 5.41) is 3.01. The van der Waals surface area contributed by atoms with E-state index in [1.54, 1.807) is 0 Å². The molecule has 1 aliphatic carbocycles. The Kier molecular flexibility index (Phi) is 3.69. The fraction of sp³-hybridized carbons (Fsp3) is 0.846. The van der Waals surface area contributed by atoms with E-state index in [0.29, 0.717) is 12.8 Å². The zero-order chi connectivity index (χ0) is 12.3. The minimum atomic E-state index is -0.198. The van der Waals surface area contributed by atoms with E-state index >= 15 is 0 Å². The number of carbonyl (C=O) groups excluding carboxylic acids is 2. The Balaban J connectivity index is 1.99. The van der Waals surface area contributed by atoms with Gasteiger partial charge in [0.1, 0.15) is 0 Å². The van der Waals surface area contributed by atoms with Gasteiger partial charge in [0.25, 0.3) is 0 Å². The maximum Gasteiger partial charge on any atom is 0.220 e. The molecule has 1 unspecified atom stereocenters. The average molecular weight is 238 g/mol. The van der Waals surface area contributed by atoms with Crippen molar-refractivity contribution in [2.24, 2.45) is 11.1 Å². The van der Waals surface area contributed by atoms with E-state index in [-0.39, 0.29) is 23.3 Å². The van der Waals surface area contributed by atoms with Crippen molar-refractivity contribution in [2.45, 2.75) is 63.8 Å². The lowest BCUT2D eigenvalue weighted by Crippen LogP contribution is -2.37. The van der Waals surface area contributed by atoms with Crippen molar-refractivity contribution in [1.82, 2.24) is 5.32 Å². The highest BCUT2D eigenvalue weighted by Crippen LogP contribution is 2.43. The third-order valence-electron chi connectivity index (χ3n) is 4.23. The highest BCUT2D eigenvalue weighted by molar-refractivity contribution is 5.78. The molecule has 4 heteroatoms. The summed E-state index contributed by atoms with van der Waals surface area (Å²) in [4.78, 5) is 22.5. The molecule has 1 atom stereocenters. The van der Waals surface area contributed by atoms with Crippen molar-refractivity contribution in [1.29, 1.82) is 0 Å². The van der Waals surface area contributed by atoms with E-state index in [2.05, 4.69) is 5.32 Å². The van der Waals surface area contributed by atoms with Gasteiger partial charge in [0, 0.05) is 18.9 Å². The number of amides is 2. The maximum absolute atomic E-state index is 11.2. The number of rotatable bonds is 4. The second-order valence-electron chi connectivity index (χ2n) is 5.71. The van der Waals surface area contributed by atoms with Crippen LogP contribution in [0.3, 0.4) is 0 Å². The predicted molar refractivity (Wildman–Crippen MR) is 65.1 cm³/mol. The molecule has 1 heterocycles. The second-order valence-corrected chi connectivity index (χ2v) is 5.71. The first-order valence-corrected chi connectivity index (χ1v) is 6.67. The van der Waals surface area contributed by atoms with E-state index in [0.717, 1.165) is 25.7 Å². The fourth-order valence-electron chi connectivity index (χ4n) is 3.48. The predicted octanol–water partition coefficient (Wildman–Crippen LogP) is 1.48. The normalized spacial score (nSPS) is 27.8. The summed E-state index contributed by atoms with van der Waals surface area (Å²) in [5.41, 5.74) is 5.45. The SMILES string of the molecule is NC(=O)CC1(CC2CCC(=O)N2)CCCCC1. The standard InChI is InChI=1S/C13H22N2O2/c14-11(16)9-13(6-2-1-3-7-13)8-10-4-5-12(17)15-10/h10H,1-9H2,(H2,14,16)(H,15,17). The number of carbonyl (C=O) groups is 2. The maximum atomic E-state index is 11.2. The smallest absolute Gasteiger partial charge is 0.220 e. The van der Waals surface area contributed by atoms with E-state index in [1.165, 1.54) is 19.3 Å². The van der Waals surface area contributed by atoms with Gasteiger partial charge in [0.05, 0.1) is 0 Å². The third-order valence-corrected chi connectivity index (χ3v) is 4.23. The van der Waals surface area contributed by atoms with Crippen LogP contribution in [0, 0.1) is 5.41 Å². The summed E-state index contributed by atoms with van der Waals surface area (Å²) in [5.74, 6) is -0.0451. The molecule has 4 nitrogen and oxygen atoms in total. The summed E-state index contributed by atoms with van der Waals surface area (Å²) < 4.78 is 0. The molecule has 0 radical (unpaired) electrons. The van der Waals surface area contributed by atoms with Crippen LogP contribution in [0.4, 0.5) is 0 Å². The minimum absolute atomic E-state index is 0.0619. The Morgan fingerprint density at radius 3 is 2.59 bits per heavy atom. The van der Waals surface area contributed by atoms with Crippen LogP contribution in [-0.2, 0) is 9.59 Å². The van der Waals surface area contributed by atoms with Crippen LogP contribution in [-0.4, -0.2) is 17.9 Å². The minimum Gasteiger partial charge on any atom is -0.370 e. The number of nitrogens with two attached hydrogens (primary N) is 1. The summed E-state index contributed by atoms with van der Waals surface area (Å²) in [6.45, 7) is 0. The monoisotopic (exact) mass is 238 g/mol. The molecule has 96 valence electrons. The van der Waals surface area contributed by atoms with Gasteiger partial charge in [0.2, 0.25) is 11.8 Å². The van der Waals surface area contributed by atoms with Crippen LogP contribution in [0.2, 0.25) is 0 Å². The average Bonchev–Trinajstić information content (AvgIpc) is 2.63. The molecular formula is C13H22N2O2. The number of hydrogen-bond acceptors (Lipinski definition) is 2. The first-order chi connectivity index (χ1) is 8.10. The largest absolute Gasteiger partial charge is 0.370 e. The molecule has 3 N–H and O–H groups in total. The van der Waals surface area contributed by atoms with Gasteiger partial charge in [-0.15, -0.1) is 0 Å². The van der Waals surface area contributed by atoms with Crippen LogP contribution in [0.1, 0.15) is 57.8 Å². The third kappa shape index (κ3) is 3.20. The molecule has 0 bridgehead atoms. The Morgan fingerprint density at radius 2 is 2.06 bits per heavy atom. The van der Waals surface area contributed by atoms with Gasteiger partial charge in [-0.05, 0) is 31.1 Å². The van der Waals surface area contributed by atoms with E-state index in [4.69, 9.17) is 5.73 Å². The van der Waals surface area contributed by atoms with Crippen LogP contribution in [0.5, 0.6) is 0 Å². The van der Waals surface area contributed by atoms with E-state index < -0.39 is 0 Å². The molecule has 2 rings (SSSR count). The van der Waals surface area contributed by atoms with Gasteiger partial charge in [-0.25, -0.2) is 0 Å². The lowest BCUT2D eigenvalue weighted by atomic mass is 9.68. The summed E-state index contributed by atoms with van der Waals surface area (Å²) >= 11 is 0. The quantitative estimate of drug-likeness (QED) is 0.778. The van der Waals surface area contributed by atoms with E-state index in [9.17, 15) is 9.59 Å². The zero-order valence-corrected chi connectivity index (χ0v) is 10.3. The molecule has 0 spiro atoms. The number of hydrogen-bond donors (Lipinski definition) is 2. The van der Waals surface area contributed by atoms with Crippen molar-refractivity contribution < 1.29 is 9.59 Å². The van der Waals surface area contributed by atoms with Gasteiger partial charge < -0.3 is 11.1 Å². The molecular weight excluding hydrogens is 216 g/mol. The molecule has 1 saturated heterocycles. The van der Waals surface area contributed by atoms with Gasteiger partial charge in [-0.2, -0.15) is 0 Å². The Bertz CT molecular complexity index is 309. The second kappa shape index (κ2) is 5.07. The van der Waals surface area contributed by atoms with Gasteiger partial charge >= 0.3 is 0 Å². The summed E-state index contributed by atoms with van der Waals surface area (Å²) in [6, 6.07) is 0.264. The molecule has 0 aromatic carbocycles. The molecule has 2 fully saturated rings. The van der Waals surface area contributed by atoms with Crippen molar-refractivity contribution in [2.75, 3.05) is 0 Å². The van der Waals surface area contributed by atoms with Crippen LogP contribution in [0.15, 0.2) is 0 Å². The Hall–Kier alpha value is -1.06. The fourth-order valence-corrected chi connectivity index (χ4v) is 3.48. The van der Waals surface area contributed by atoms with Crippen molar-refractivity contribution in [3.05, 3.63) is 0 Å². The molecule has 2 amide bonds. The van der Waals surface area contributed by atoms with Gasteiger partial charge in [-0.3, -0.25) is 9.59 Å². The summed E-state index contributed by atoms with van der Waals surface area (Å²) in [6.07, 6.45) is 8.78. The van der Waals surface area contributed by atoms with Crippen molar-refractivity contribution >= 4 is 11.8 Å². The Labute approximate surface area is 102 Å². The zero-order valence-electron chi connectivity index (χ0n) is 10.3. The molecule has 2 aliphatic rings.